The zero-order valence-corrected chi connectivity index (χ0v) is 11.6. The standard InChI is InChI=1S/C12H18N2O4S/c1-2-5-14(8-9-3-4-9)19(17,18)10-6-11(12(15)16)13-7-10/h6-7,9,13H,2-5,8H2,1H3,(H,15,16). The van der Waals surface area contributed by atoms with E-state index in [0.29, 0.717) is 19.0 Å². The van der Waals surface area contributed by atoms with Crippen molar-refractivity contribution in [2.75, 3.05) is 13.1 Å². The number of carbonyl (C=O) groups is 1. The summed E-state index contributed by atoms with van der Waals surface area (Å²) in [6.45, 7) is 2.92. The zero-order chi connectivity index (χ0) is 14.0. The number of H-pyrrole nitrogens is 1. The largest absolute Gasteiger partial charge is 0.477 e. The Morgan fingerprint density at radius 2 is 2.21 bits per heavy atom. The highest BCUT2D eigenvalue weighted by atomic mass is 32.2. The van der Waals surface area contributed by atoms with Crippen LogP contribution in [0.5, 0.6) is 0 Å². The van der Waals surface area contributed by atoms with Gasteiger partial charge in [0.2, 0.25) is 10.0 Å². The number of aromatic amines is 1. The van der Waals surface area contributed by atoms with E-state index in [2.05, 4.69) is 4.98 Å². The van der Waals surface area contributed by atoms with Gasteiger partial charge in [0.25, 0.3) is 0 Å². The number of aromatic carboxylic acids is 1. The second kappa shape index (κ2) is 5.34. The van der Waals surface area contributed by atoms with Crippen molar-refractivity contribution in [2.24, 2.45) is 5.92 Å². The Balaban J connectivity index is 2.23. The fraction of sp³-hybridized carbons (Fsp3) is 0.583. The molecular weight excluding hydrogens is 268 g/mol. The SMILES string of the molecule is CCCN(CC1CC1)S(=O)(=O)c1c[nH]c(C(=O)O)c1. The first kappa shape index (κ1) is 14.1. The molecule has 7 heteroatoms. The lowest BCUT2D eigenvalue weighted by atomic mass is 10.4. The summed E-state index contributed by atoms with van der Waals surface area (Å²) in [5.74, 6) is -0.704. The Kier molecular flexibility index (Phi) is 3.96. The third-order valence-electron chi connectivity index (χ3n) is 3.16. The third kappa shape index (κ3) is 3.16. The molecule has 0 amide bonds. The first-order valence-corrected chi connectivity index (χ1v) is 7.81. The fourth-order valence-corrected chi connectivity index (χ4v) is 3.55. The van der Waals surface area contributed by atoms with Gasteiger partial charge in [-0.05, 0) is 31.2 Å². The van der Waals surface area contributed by atoms with Crippen LogP contribution in [0.25, 0.3) is 0 Å². The number of sulfonamides is 1. The Morgan fingerprint density at radius 1 is 1.53 bits per heavy atom. The van der Waals surface area contributed by atoms with Gasteiger partial charge in [-0.25, -0.2) is 13.2 Å². The number of hydrogen-bond acceptors (Lipinski definition) is 3. The minimum Gasteiger partial charge on any atom is -0.477 e. The van der Waals surface area contributed by atoms with Gasteiger partial charge < -0.3 is 10.1 Å². The van der Waals surface area contributed by atoms with Crippen molar-refractivity contribution in [1.29, 1.82) is 0 Å². The van der Waals surface area contributed by atoms with Gasteiger partial charge in [-0.3, -0.25) is 0 Å². The molecule has 1 aliphatic rings. The lowest BCUT2D eigenvalue weighted by Gasteiger charge is -2.20. The highest BCUT2D eigenvalue weighted by Crippen LogP contribution is 2.31. The van der Waals surface area contributed by atoms with Gasteiger partial charge in [0.1, 0.15) is 10.6 Å². The molecule has 0 unspecified atom stereocenters. The normalized spacial score (nSPS) is 15.9. The maximum atomic E-state index is 12.4. The quantitative estimate of drug-likeness (QED) is 0.795. The van der Waals surface area contributed by atoms with Crippen LogP contribution in [0.4, 0.5) is 0 Å². The lowest BCUT2D eigenvalue weighted by Crippen LogP contribution is -2.33. The molecule has 106 valence electrons. The monoisotopic (exact) mass is 286 g/mol. The van der Waals surface area contributed by atoms with E-state index in [9.17, 15) is 13.2 Å². The minimum atomic E-state index is -3.59. The van der Waals surface area contributed by atoms with Gasteiger partial charge in [-0.2, -0.15) is 4.31 Å². The van der Waals surface area contributed by atoms with E-state index >= 15 is 0 Å². The number of carboxylic acid groups (broad SMARTS) is 1. The smallest absolute Gasteiger partial charge is 0.352 e. The number of aromatic nitrogens is 1. The molecule has 0 radical (unpaired) electrons. The first-order valence-electron chi connectivity index (χ1n) is 6.37. The van der Waals surface area contributed by atoms with Crippen LogP contribution in [0.1, 0.15) is 36.7 Å². The van der Waals surface area contributed by atoms with Crippen molar-refractivity contribution < 1.29 is 18.3 Å². The molecule has 1 fully saturated rings. The van der Waals surface area contributed by atoms with Gasteiger partial charge in [0, 0.05) is 19.3 Å². The zero-order valence-electron chi connectivity index (χ0n) is 10.8. The van der Waals surface area contributed by atoms with E-state index in [-0.39, 0.29) is 10.6 Å². The summed E-state index contributed by atoms with van der Waals surface area (Å²) in [7, 11) is -3.59. The van der Waals surface area contributed by atoms with Crippen molar-refractivity contribution in [1.82, 2.24) is 9.29 Å². The fourth-order valence-electron chi connectivity index (χ4n) is 1.94. The molecule has 6 nitrogen and oxygen atoms in total. The minimum absolute atomic E-state index is 0.0269. The van der Waals surface area contributed by atoms with Crippen LogP contribution < -0.4 is 0 Å². The lowest BCUT2D eigenvalue weighted by molar-refractivity contribution is 0.0691. The second-order valence-corrected chi connectivity index (χ2v) is 6.80. The van der Waals surface area contributed by atoms with Crippen molar-refractivity contribution in [2.45, 2.75) is 31.1 Å². The van der Waals surface area contributed by atoms with Crippen LogP contribution >= 0.6 is 0 Å². The van der Waals surface area contributed by atoms with Crippen molar-refractivity contribution in [3.8, 4) is 0 Å². The van der Waals surface area contributed by atoms with E-state index in [1.807, 2.05) is 6.92 Å². The van der Waals surface area contributed by atoms with Crippen LogP contribution in [0, 0.1) is 5.92 Å². The van der Waals surface area contributed by atoms with Crippen LogP contribution in [0.15, 0.2) is 17.2 Å². The van der Waals surface area contributed by atoms with E-state index in [1.54, 1.807) is 0 Å². The predicted molar refractivity (Wildman–Crippen MR) is 69.5 cm³/mol. The van der Waals surface area contributed by atoms with Crippen LogP contribution in [0.2, 0.25) is 0 Å². The third-order valence-corrected chi connectivity index (χ3v) is 5.00. The molecule has 0 spiro atoms. The molecule has 0 saturated heterocycles. The molecule has 1 saturated carbocycles. The number of nitrogens with zero attached hydrogens (tertiary/aromatic N) is 1. The molecule has 2 N–H and O–H groups in total. The van der Waals surface area contributed by atoms with E-state index in [0.717, 1.165) is 19.3 Å². The molecule has 1 aromatic rings. The van der Waals surface area contributed by atoms with Crippen molar-refractivity contribution in [3.05, 3.63) is 18.0 Å². The summed E-state index contributed by atoms with van der Waals surface area (Å²) in [5.41, 5.74) is -0.110. The average Bonchev–Trinajstić information content (AvgIpc) is 3.01. The highest BCUT2D eigenvalue weighted by Gasteiger charge is 2.31. The summed E-state index contributed by atoms with van der Waals surface area (Å²) < 4.78 is 26.3. The maximum Gasteiger partial charge on any atom is 0.352 e. The van der Waals surface area contributed by atoms with Crippen LogP contribution in [-0.4, -0.2) is 41.9 Å². The molecule has 1 heterocycles. The van der Waals surface area contributed by atoms with Crippen LogP contribution in [0.3, 0.4) is 0 Å². The number of rotatable bonds is 7. The van der Waals surface area contributed by atoms with Crippen LogP contribution in [-0.2, 0) is 10.0 Å². The Labute approximate surface area is 112 Å². The van der Waals surface area contributed by atoms with Gasteiger partial charge in [-0.15, -0.1) is 0 Å². The van der Waals surface area contributed by atoms with Gasteiger partial charge in [-0.1, -0.05) is 6.92 Å². The first-order chi connectivity index (χ1) is 8.95. The van der Waals surface area contributed by atoms with Gasteiger partial charge in [0.15, 0.2) is 0 Å². The molecule has 1 aliphatic carbocycles. The van der Waals surface area contributed by atoms with Gasteiger partial charge >= 0.3 is 5.97 Å². The molecule has 19 heavy (non-hydrogen) atoms. The number of hydrogen-bond donors (Lipinski definition) is 2. The summed E-state index contributed by atoms with van der Waals surface area (Å²) in [6.07, 6.45) is 4.13. The molecule has 0 aromatic carbocycles. The Bertz CT molecular complexity index is 560. The highest BCUT2D eigenvalue weighted by molar-refractivity contribution is 7.89. The number of nitrogens with one attached hydrogen (secondary N) is 1. The average molecular weight is 286 g/mol. The van der Waals surface area contributed by atoms with E-state index in [1.165, 1.54) is 16.6 Å². The predicted octanol–water partition coefficient (Wildman–Crippen LogP) is 1.52. The second-order valence-electron chi connectivity index (χ2n) is 4.86. The van der Waals surface area contributed by atoms with Crippen molar-refractivity contribution in [3.63, 3.8) is 0 Å². The molecule has 0 bridgehead atoms. The summed E-state index contributed by atoms with van der Waals surface area (Å²) in [6, 6.07) is 1.17. The molecular formula is C12H18N2O4S. The Morgan fingerprint density at radius 3 is 2.68 bits per heavy atom. The molecule has 2 rings (SSSR count). The summed E-state index contributed by atoms with van der Waals surface area (Å²) >= 11 is 0. The molecule has 0 aliphatic heterocycles. The summed E-state index contributed by atoms with van der Waals surface area (Å²) in [5, 5.41) is 8.82. The maximum absolute atomic E-state index is 12.4. The van der Waals surface area contributed by atoms with E-state index < -0.39 is 16.0 Å². The number of carboxylic acids is 1. The van der Waals surface area contributed by atoms with E-state index in [4.69, 9.17) is 5.11 Å². The molecule has 0 atom stereocenters. The van der Waals surface area contributed by atoms with Crippen molar-refractivity contribution >= 4 is 16.0 Å². The Hall–Kier alpha value is -1.34. The molecule has 1 aromatic heterocycles. The van der Waals surface area contributed by atoms with Gasteiger partial charge in [0.05, 0.1) is 0 Å². The summed E-state index contributed by atoms with van der Waals surface area (Å²) in [4.78, 5) is 13.3. The topological polar surface area (TPSA) is 90.5 Å².